The van der Waals surface area contributed by atoms with E-state index in [1.807, 2.05) is 33.0 Å². The minimum absolute atomic E-state index is 0.239. The zero-order valence-electron chi connectivity index (χ0n) is 13.3. The lowest BCUT2D eigenvalue weighted by molar-refractivity contribution is -0.123. The van der Waals surface area contributed by atoms with E-state index in [0.717, 1.165) is 10.8 Å². The summed E-state index contributed by atoms with van der Waals surface area (Å²) in [7, 11) is 0. The summed E-state index contributed by atoms with van der Waals surface area (Å²) in [6.07, 6.45) is 3.73. The van der Waals surface area contributed by atoms with Gasteiger partial charge in [-0.3, -0.25) is 9.36 Å². The van der Waals surface area contributed by atoms with Crippen LogP contribution in [0.3, 0.4) is 0 Å². The van der Waals surface area contributed by atoms with E-state index < -0.39 is 0 Å². The van der Waals surface area contributed by atoms with Crippen molar-refractivity contribution in [1.82, 2.24) is 9.55 Å². The third-order valence-electron chi connectivity index (χ3n) is 3.61. The van der Waals surface area contributed by atoms with E-state index in [-0.39, 0.29) is 11.2 Å². The van der Waals surface area contributed by atoms with E-state index in [1.165, 1.54) is 22.9 Å². The second-order valence-corrected chi connectivity index (χ2v) is 7.20. The van der Waals surface area contributed by atoms with Gasteiger partial charge in [-0.15, -0.1) is 0 Å². The third kappa shape index (κ3) is 3.56. The molecule has 0 saturated carbocycles. The van der Waals surface area contributed by atoms with Crippen LogP contribution in [0, 0.1) is 19.3 Å². The van der Waals surface area contributed by atoms with Gasteiger partial charge in [-0.2, -0.15) is 0 Å². The number of Topliss-reactive ketones (excluding diaryl/α,β-unsaturated/α-hetero) is 1. The van der Waals surface area contributed by atoms with Crippen LogP contribution in [0.2, 0.25) is 0 Å². The molecule has 0 aliphatic rings. The fourth-order valence-corrected chi connectivity index (χ4v) is 3.05. The predicted molar refractivity (Wildman–Crippen MR) is 88.2 cm³/mol. The molecule has 0 N–H and O–H groups in total. The molecule has 0 spiro atoms. The molecule has 0 amide bonds. The van der Waals surface area contributed by atoms with Crippen LogP contribution in [0.25, 0.3) is 5.69 Å². The number of nitrogens with zero attached hydrogens (tertiary/aromatic N) is 2. The molecule has 0 atom stereocenters. The molecule has 1 aromatic heterocycles. The van der Waals surface area contributed by atoms with Crippen molar-refractivity contribution in [1.29, 1.82) is 0 Å². The first-order chi connectivity index (χ1) is 9.80. The number of hydrogen-bond acceptors (Lipinski definition) is 3. The van der Waals surface area contributed by atoms with Crippen LogP contribution in [0.4, 0.5) is 0 Å². The van der Waals surface area contributed by atoms with E-state index in [1.54, 1.807) is 6.20 Å². The third-order valence-corrected chi connectivity index (χ3v) is 4.58. The lowest BCUT2D eigenvalue weighted by Gasteiger charge is -2.16. The first-order valence-electron chi connectivity index (χ1n) is 7.07. The molecule has 1 aromatic carbocycles. The average molecular weight is 302 g/mol. The van der Waals surface area contributed by atoms with Gasteiger partial charge in [0.25, 0.3) is 0 Å². The number of hydrogen-bond donors (Lipinski definition) is 0. The van der Waals surface area contributed by atoms with E-state index >= 15 is 0 Å². The number of ketones is 1. The van der Waals surface area contributed by atoms with E-state index in [2.05, 4.69) is 35.5 Å². The molecule has 112 valence electrons. The maximum Gasteiger partial charge on any atom is 0.173 e. The topological polar surface area (TPSA) is 34.9 Å². The smallest absolute Gasteiger partial charge is 0.173 e. The van der Waals surface area contributed by atoms with Crippen molar-refractivity contribution in [3.63, 3.8) is 0 Å². The largest absolute Gasteiger partial charge is 0.298 e. The Morgan fingerprint density at radius 1 is 1.29 bits per heavy atom. The SMILES string of the molecule is Cc1cccc(-n2ccnc2SCC(=O)C(C)(C)C)c1C. The molecule has 0 radical (unpaired) electrons. The molecule has 0 aliphatic heterocycles. The highest BCUT2D eigenvalue weighted by molar-refractivity contribution is 7.99. The molecule has 0 fully saturated rings. The van der Waals surface area contributed by atoms with Crippen molar-refractivity contribution in [3.8, 4) is 5.69 Å². The Labute approximate surface area is 130 Å². The van der Waals surface area contributed by atoms with Gasteiger partial charge >= 0.3 is 0 Å². The van der Waals surface area contributed by atoms with Gasteiger partial charge in [0.2, 0.25) is 0 Å². The first-order valence-corrected chi connectivity index (χ1v) is 8.05. The van der Waals surface area contributed by atoms with Crippen molar-refractivity contribution in [3.05, 3.63) is 41.7 Å². The molecule has 4 heteroatoms. The zero-order chi connectivity index (χ0) is 15.6. The first kappa shape index (κ1) is 15.8. The number of aryl methyl sites for hydroxylation is 1. The molecular weight excluding hydrogens is 280 g/mol. The summed E-state index contributed by atoms with van der Waals surface area (Å²) in [6, 6.07) is 6.23. The number of aromatic nitrogens is 2. The van der Waals surface area contributed by atoms with Crippen molar-refractivity contribution < 1.29 is 4.79 Å². The van der Waals surface area contributed by atoms with Crippen LogP contribution in [-0.4, -0.2) is 21.1 Å². The minimum atomic E-state index is -0.302. The Hall–Kier alpha value is -1.55. The Balaban J connectivity index is 2.24. The van der Waals surface area contributed by atoms with Crippen LogP contribution in [0.15, 0.2) is 35.7 Å². The van der Waals surface area contributed by atoms with E-state index in [0.29, 0.717) is 5.75 Å². The monoisotopic (exact) mass is 302 g/mol. The lowest BCUT2D eigenvalue weighted by Crippen LogP contribution is -2.22. The summed E-state index contributed by atoms with van der Waals surface area (Å²) < 4.78 is 2.06. The number of rotatable bonds is 4. The number of benzene rings is 1. The summed E-state index contributed by atoms with van der Waals surface area (Å²) in [6.45, 7) is 10.1. The van der Waals surface area contributed by atoms with Crippen molar-refractivity contribution in [2.24, 2.45) is 5.41 Å². The van der Waals surface area contributed by atoms with Gasteiger partial charge in [0.15, 0.2) is 5.16 Å². The summed E-state index contributed by atoms with van der Waals surface area (Å²) in [5.41, 5.74) is 3.31. The van der Waals surface area contributed by atoms with Gasteiger partial charge in [-0.25, -0.2) is 4.98 Å². The van der Waals surface area contributed by atoms with Crippen LogP contribution >= 0.6 is 11.8 Å². The zero-order valence-corrected chi connectivity index (χ0v) is 14.1. The van der Waals surface area contributed by atoms with Gasteiger partial charge in [0.05, 0.1) is 11.4 Å². The highest BCUT2D eigenvalue weighted by Crippen LogP contribution is 2.26. The van der Waals surface area contributed by atoms with Crippen LogP contribution in [0.5, 0.6) is 0 Å². The molecular formula is C17H22N2OS. The second kappa shape index (κ2) is 6.06. The molecule has 1 heterocycles. The fraction of sp³-hybridized carbons (Fsp3) is 0.412. The van der Waals surface area contributed by atoms with Gasteiger partial charge in [-0.05, 0) is 31.0 Å². The van der Waals surface area contributed by atoms with Crippen molar-refractivity contribution >= 4 is 17.5 Å². The normalized spacial score (nSPS) is 11.7. The van der Waals surface area contributed by atoms with Crippen molar-refractivity contribution in [2.75, 3.05) is 5.75 Å². The number of carbonyl (C=O) groups is 1. The summed E-state index contributed by atoms with van der Waals surface area (Å²) in [5, 5.41) is 0.862. The Kier molecular flexibility index (Phi) is 4.57. The quantitative estimate of drug-likeness (QED) is 0.794. The Morgan fingerprint density at radius 2 is 2.00 bits per heavy atom. The number of imidazole rings is 1. The number of thioether (sulfide) groups is 1. The van der Waals surface area contributed by atoms with Gasteiger partial charge < -0.3 is 0 Å². The molecule has 0 saturated heterocycles. The van der Waals surface area contributed by atoms with Crippen molar-refractivity contribution in [2.45, 2.75) is 39.8 Å². The summed E-state index contributed by atoms with van der Waals surface area (Å²) >= 11 is 1.50. The molecule has 21 heavy (non-hydrogen) atoms. The molecule has 0 bridgehead atoms. The maximum atomic E-state index is 12.1. The molecule has 2 rings (SSSR count). The average Bonchev–Trinajstić information content (AvgIpc) is 2.86. The Morgan fingerprint density at radius 3 is 2.67 bits per heavy atom. The summed E-state index contributed by atoms with van der Waals surface area (Å²) in [5.74, 6) is 0.689. The Bertz CT molecular complexity index is 653. The maximum absolute atomic E-state index is 12.1. The highest BCUT2D eigenvalue weighted by atomic mass is 32.2. The molecule has 0 unspecified atom stereocenters. The molecule has 2 aromatic rings. The van der Waals surface area contributed by atoms with Gasteiger partial charge in [0.1, 0.15) is 5.78 Å². The van der Waals surface area contributed by atoms with E-state index in [4.69, 9.17) is 0 Å². The highest BCUT2D eigenvalue weighted by Gasteiger charge is 2.22. The molecule has 3 nitrogen and oxygen atoms in total. The van der Waals surface area contributed by atoms with Gasteiger partial charge in [-0.1, -0.05) is 44.7 Å². The summed E-state index contributed by atoms with van der Waals surface area (Å²) in [4.78, 5) is 16.5. The minimum Gasteiger partial charge on any atom is -0.298 e. The van der Waals surface area contributed by atoms with Crippen LogP contribution < -0.4 is 0 Å². The lowest BCUT2D eigenvalue weighted by atomic mass is 9.92. The fourth-order valence-electron chi connectivity index (χ4n) is 1.92. The molecule has 0 aliphatic carbocycles. The van der Waals surface area contributed by atoms with E-state index in [9.17, 15) is 4.79 Å². The van der Waals surface area contributed by atoms with Gasteiger partial charge in [0, 0.05) is 17.8 Å². The second-order valence-electron chi connectivity index (χ2n) is 6.26. The van der Waals surface area contributed by atoms with Crippen LogP contribution in [0.1, 0.15) is 31.9 Å². The number of carbonyl (C=O) groups excluding carboxylic acids is 1. The van der Waals surface area contributed by atoms with Crippen LogP contribution in [-0.2, 0) is 4.79 Å². The predicted octanol–water partition coefficient (Wildman–Crippen LogP) is 4.20. The standard InChI is InChI=1S/C17H22N2OS/c1-12-7-6-8-14(13(12)2)19-10-9-18-16(19)21-11-15(20)17(3,4)5/h6-10H,11H2,1-5H3.